The van der Waals surface area contributed by atoms with Crippen LogP contribution < -0.4 is 19.6 Å². The summed E-state index contributed by atoms with van der Waals surface area (Å²) < 4.78 is 0. The third-order valence-electron chi connectivity index (χ3n) is 25.5. The summed E-state index contributed by atoms with van der Waals surface area (Å²) in [7, 11) is 12.3. The van der Waals surface area contributed by atoms with Gasteiger partial charge in [-0.15, -0.1) is 44.5 Å². The van der Waals surface area contributed by atoms with Gasteiger partial charge in [0.25, 0.3) is 0 Å². The Balaban J connectivity index is 0.000000138. The van der Waals surface area contributed by atoms with Crippen LogP contribution in [0, 0.1) is 95.8 Å². The summed E-state index contributed by atoms with van der Waals surface area (Å²) >= 11 is 0. The predicted molar refractivity (Wildman–Crippen MR) is 585 cm³/mol. The number of hydrogen-bond acceptors (Lipinski definition) is 17. The summed E-state index contributed by atoms with van der Waals surface area (Å²) in [5, 5.41) is 0. The normalized spacial score (nSPS) is 16.7. The van der Waals surface area contributed by atoms with Crippen molar-refractivity contribution in [3.63, 3.8) is 0 Å². The molecule has 2 saturated heterocycles. The van der Waals surface area contributed by atoms with E-state index in [2.05, 4.69) is 465 Å². The number of nitrogens with zero attached hydrogens (tertiary/aromatic N) is 17. The molecule has 10 heterocycles. The Kier molecular flexibility index (Phi) is 42.5. The van der Waals surface area contributed by atoms with Crippen LogP contribution in [-0.2, 0) is 150 Å². The van der Waals surface area contributed by atoms with Crippen molar-refractivity contribution in [3.8, 4) is 55.6 Å². The fourth-order valence-corrected chi connectivity index (χ4v) is 18.8. The molecule has 24 rings (SSSR count). The van der Waals surface area contributed by atoms with E-state index in [-0.39, 0.29) is 84.3 Å². The van der Waals surface area contributed by atoms with E-state index in [1.807, 2.05) is 158 Å². The van der Waals surface area contributed by atoms with Crippen molar-refractivity contribution >= 4 is 22.7 Å². The molecule has 1 aromatic heterocycles. The molecule has 148 heavy (non-hydrogen) atoms. The minimum absolute atomic E-state index is 0. The SMILES string of the molecule is CN1C=CN(Cc2[c-]c(CN3C=CN(C)[CH-]3)ccc2)[CH-]1.CN1C=CN(Cc2[c-]c(CN3C=CN(C)[CH-]3)ccc2)[CH-]1.CN1[CH-]N(Cc2[c-]c(CN3[CH-]N(C)c4ccccc43)ccc2)c2ccccc21.[Pt+4].[Pt+4].[Pt+4].[Pt].[c-]1c2cccc1CN1[CH-]N(CCC1)Cc1[c-]c(ccc1)CN1[CH-]N(CCC1)C2.[c-]1ccc(-c2c(-c3ccccc3)cccc2-c2ccccc2)cc1.[c-]1ccc(-c2ccccc2)cc1.c1ccc(-c2ccncc2)cc1. The first kappa shape index (κ1) is 111. The maximum atomic E-state index is 3.97. The number of benzene rings is 14. The number of fused-ring (bicyclic) bond motifs is 10. The molecule has 4 atom stereocenters. The molecule has 4 unspecified atom stereocenters. The van der Waals surface area contributed by atoms with Crippen LogP contribution in [-0.4, -0.2) is 132 Å². The van der Waals surface area contributed by atoms with Gasteiger partial charge in [-0.2, -0.15) is 244 Å². The van der Waals surface area contributed by atoms with E-state index >= 15 is 0 Å². The van der Waals surface area contributed by atoms with Crippen LogP contribution in [0.2, 0.25) is 0 Å². The quantitative estimate of drug-likeness (QED) is 0.0812. The van der Waals surface area contributed by atoms with Gasteiger partial charge in [0.2, 0.25) is 0 Å². The van der Waals surface area contributed by atoms with Crippen molar-refractivity contribution < 1.29 is 84.3 Å². The first-order chi connectivity index (χ1) is 70.7. The molecule has 15 aromatic rings. The summed E-state index contributed by atoms with van der Waals surface area (Å²) in [5.41, 5.74) is 29.7. The van der Waals surface area contributed by atoms with Crippen molar-refractivity contribution in [1.82, 2.24) is 63.8 Å². The van der Waals surface area contributed by atoms with E-state index in [4.69, 9.17) is 0 Å². The van der Waals surface area contributed by atoms with Crippen LogP contribution in [0.4, 0.5) is 22.7 Å². The van der Waals surface area contributed by atoms with Gasteiger partial charge in [-0.05, 0) is 277 Å². The molecule has 0 spiro atoms. The van der Waals surface area contributed by atoms with E-state index < -0.39 is 0 Å². The molecule has 8 bridgehead atoms. The second-order valence-corrected chi connectivity index (χ2v) is 37.0. The summed E-state index contributed by atoms with van der Waals surface area (Å²) in [6.07, 6.45) is 22.5. The third kappa shape index (κ3) is 32.2. The number of rotatable bonds is 17. The molecule has 14 aromatic carbocycles. The number of pyridine rings is 1. The number of para-hydroxylation sites is 4. The summed E-state index contributed by atoms with van der Waals surface area (Å²) in [5.74, 6) is 0. The second kappa shape index (κ2) is 56.7. The van der Waals surface area contributed by atoms with E-state index in [1.54, 1.807) is 0 Å². The zero-order valence-electron chi connectivity index (χ0n) is 84.4. The van der Waals surface area contributed by atoms with Crippen molar-refractivity contribution in [2.45, 2.75) is 78.3 Å². The maximum Gasteiger partial charge on any atom is 4.00 e. The molecule has 21 heteroatoms. The predicted octanol–water partition coefficient (Wildman–Crippen LogP) is 24.6. The number of aromatic nitrogens is 1. The zero-order valence-corrected chi connectivity index (χ0v) is 93.5. The van der Waals surface area contributed by atoms with E-state index in [0.29, 0.717) is 0 Å². The Labute approximate surface area is 937 Å². The van der Waals surface area contributed by atoms with Gasteiger partial charge in [-0.25, -0.2) is 13.3 Å². The van der Waals surface area contributed by atoms with Gasteiger partial charge in [0, 0.05) is 56.2 Å². The van der Waals surface area contributed by atoms with Crippen LogP contribution in [0.25, 0.3) is 55.6 Å². The maximum absolute atomic E-state index is 3.97. The molecule has 2 fully saturated rings. The van der Waals surface area contributed by atoms with Gasteiger partial charge < -0.3 is 78.4 Å². The summed E-state index contributed by atoms with van der Waals surface area (Å²) in [4.78, 5) is 39.4. The fourth-order valence-electron chi connectivity index (χ4n) is 18.8. The Morgan fingerprint density at radius 3 is 0.831 bits per heavy atom. The van der Waals surface area contributed by atoms with Crippen molar-refractivity contribution in [2.24, 2.45) is 0 Å². The van der Waals surface area contributed by atoms with Crippen molar-refractivity contribution in [1.29, 1.82) is 0 Å². The summed E-state index contributed by atoms with van der Waals surface area (Å²) in [6, 6.07) is 142. The average molecular weight is 2670 g/mol. The molecule has 760 valence electrons. The summed E-state index contributed by atoms with van der Waals surface area (Å²) in [6.45, 7) is 30.5. The van der Waals surface area contributed by atoms with E-state index in [9.17, 15) is 0 Å². The zero-order chi connectivity index (χ0) is 98.4. The smallest absolute Gasteiger partial charge is 0.511 e. The molecule has 0 saturated carbocycles. The molecule has 0 aliphatic carbocycles. The largest absolute Gasteiger partial charge is 4.00 e. The molecule has 9 aliphatic rings. The first-order valence-electron chi connectivity index (χ1n) is 49.5. The Morgan fingerprint density at radius 1 is 0.243 bits per heavy atom. The molecule has 0 amide bonds. The molecule has 9 aliphatic heterocycles. The number of anilines is 4. The van der Waals surface area contributed by atoms with Crippen LogP contribution in [0.1, 0.15) is 68.5 Å². The Morgan fingerprint density at radius 2 is 0.514 bits per heavy atom. The molecule has 0 N–H and O–H groups in total. The molecule has 17 nitrogen and oxygen atoms in total. The monoisotopic (exact) mass is 2670 g/mol. The number of hydrogen-bond donors (Lipinski definition) is 0. The van der Waals surface area contributed by atoms with Crippen LogP contribution >= 0.6 is 0 Å². The van der Waals surface area contributed by atoms with Gasteiger partial charge in [-0.1, -0.05) is 164 Å². The topological polar surface area (TPSA) is 64.7 Å². The molecular formula is C127H124N17Pt4-3. The van der Waals surface area contributed by atoms with E-state index in [1.165, 1.54) is 147 Å². The van der Waals surface area contributed by atoms with Crippen LogP contribution in [0.3, 0.4) is 0 Å². The Bertz CT molecular complexity index is 6090. The third-order valence-corrected chi connectivity index (χ3v) is 25.5. The van der Waals surface area contributed by atoms with E-state index in [0.717, 1.165) is 91.6 Å². The van der Waals surface area contributed by atoms with Gasteiger partial charge >= 0.3 is 63.2 Å². The molecular weight excluding hydrogens is 2540 g/mol. The Hall–Kier alpha value is -12.6. The first-order valence-corrected chi connectivity index (χ1v) is 49.5. The average Bonchev–Trinajstić information content (AvgIpc) is 1.26. The van der Waals surface area contributed by atoms with Gasteiger partial charge in [0.15, 0.2) is 0 Å². The van der Waals surface area contributed by atoms with Gasteiger partial charge in [-0.3, -0.25) is 4.98 Å². The van der Waals surface area contributed by atoms with Crippen molar-refractivity contribution in [2.75, 3.05) is 88.1 Å². The van der Waals surface area contributed by atoms with Gasteiger partial charge in [0.1, 0.15) is 0 Å². The minimum Gasteiger partial charge on any atom is -0.511 e. The van der Waals surface area contributed by atoms with Crippen LogP contribution in [0.5, 0.6) is 0 Å². The van der Waals surface area contributed by atoms with Crippen molar-refractivity contribution in [3.05, 3.63) is 553 Å². The standard InChI is InChI=1S/C24H23N4.C24H28N4.C24H17.2C16H19N4.C12H9.C11H9N.4Pt/c1-25-17-27(23-12-5-3-10-21(23)25)15-19-8-7-9-20(14-19)16-28-18-26(2)22-11-4-6-13-24(22)28;1-5-21-13-22(6-1)16-26-10-4-12-28(20-26)18-24-8-2-7-23(14-24)17-27-11-3-9-25(15-21)19-27;1-4-11-19(12-5-1)22-17-10-18-23(20-13-6-2-7-14-20)24(22)21-15-8-3-9-16-21;2*1-17-6-8-19(13-17)11-15-4-3-5-16(10-15)12-20-9-7-18(2)14-20;1-3-7-11(8-4-1)12-9-5-2-6-10-12;1-2-4-10(5-3-1)11-6-8-12-9-7-11;;;;/h3-13,17-18H,15-16H2,1-2H3;1-2,5-8,19-20H,3-4,9-12,15-18H2;1-2,4-18H;2*3-9,13-14H,11-12H2,1-2H3;1,3-10H;1-9H;;;;/q-3;-4;-1;2*-3;-1;;;3*+4. The fraction of sp³-hybridized carbons (Fsp3) is 0.173. The van der Waals surface area contributed by atoms with Gasteiger partial charge in [0.05, 0.1) is 0 Å². The van der Waals surface area contributed by atoms with Crippen LogP contribution in [0.15, 0.2) is 402 Å². The minimum atomic E-state index is 0. The molecule has 0 radical (unpaired) electrons. The second-order valence-electron chi connectivity index (χ2n) is 37.0.